The Labute approximate surface area is 78.4 Å². The lowest BCUT2D eigenvalue weighted by Gasteiger charge is -2.00. The van der Waals surface area contributed by atoms with Gasteiger partial charge >= 0.3 is 0 Å². The van der Waals surface area contributed by atoms with Crippen molar-refractivity contribution in [2.24, 2.45) is 0 Å². The van der Waals surface area contributed by atoms with E-state index in [1.54, 1.807) is 19.1 Å². The van der Waals surface area contributed by atoms with Gasteiger partial charge in [-0.25, -0.2) is 4.39 Å². The van der Waals surface area contributed by atoms with Crippen LogP contribution in [0, 0.1) is 16.3 Å². The molecule has 0 nitrogen and oxygen atoms in total. The maximum absolute atomic E-state index is 12.9. The molecule has 3 heteroatoms. The number of benzene rings is 1. The minimum Gasteiger partial charge on any atom is -0.205 e. The molecule has 0 unspecified atom stereocenters. The van der Waals surface area contributed by atoms with E-state index in [1.165, 1.54) is 0 Å². The van der Waals surface area contributed by atoms with E-state index in [0.29, 0.717) is 14.0 Å². The van der Waals surface area contributed by atoms with Crippen molar-refractivity contribution in [3.63, 3.8) is 0 Å². The molecule has 0 aliphatic heterocycles. The van der Waals surface area contributed by atoms with Crippen LogP contribution in [0.2, 0.25) is 0 Å². The van der Waals surface area contributed by atoms with E-state index in [-0.39, 0.29) is 5.82 Å². The summed E-state index contributed by atoms with van der Waals surface area (Å²) in [5.74, 6) is -0.159. The molecule has 0 radical (unpaired) electrons. The molecule has 10 heavy (non-hydrogen) atoms. The van der Waals surface area contributed by atoms with E-state index in [1.807, 2.05) is 22.6 Å². The first-order chi connectivity index (χ1) is 4.63. The fourth-order valence-corrected chi connectivity index (χ4v) is 1.41. The summed E-state index contributed by atoms with van der Waals surface area (Å²) in [6.45, 7) is 1.74. The number of hydrogen-bond acceptors (Lipinski definition) is 1. The smallest absolute Gasteiger partial charge is 0.140 e. The number of aryl methyl sites for hydroxylation is 1. The summed E-state index contributed by atoms with van der Waals surface area (Å²) in [5.41, 5.74) is 0.669. The zero-order chi connectivity index (χ0) is 7.72. The lowest BCUT2D eigenvalue weighted by atomic mass is 10.2. The van der Waals surface area contributed by atoms with Crippen molar-refractivity contribution in [3.05, 3.63) is 27.1 Å². The predicted octanol–water partition coefficient (Wildman–Crippen LogP) is 3.03. The fourth-order valence-electron chi connectivity index (χ4n) is 0.636. The van der Waals surface area contributed by atoms with Crippen LogP contribution in [0.3, 0.4) is 0 Å². The average molecular weight is 268 g/mol. The Hall–Kier alpha value is 0.230. The second-order valence-electron chi connectivity index (χ2n) is 2.03. The molecule has 0 aliphatic rings. The normalized spacial score (nSPS) is 10.0. The summed E-state index contributed by atoms with van der Waals surface area (Å²) in [6, 6.07) is 3.52. The maximum Gasteiger partial charge on any atom is 0.140 e. The summed E-state index contributed by atoms with van der Waals surface area (Å²) in [6.07, 6.45) is 0. The first kappa shape index (κ1) is 8.33. The Kier molecular flexibility index (Phi) is 2.57. The van der Waals surface area contributed by atoms with Crippen LogP contribution >= 0.6 is 35.2 Å². The maximum atomic E-state index is 12.9. The molecule has 1 rings (SSSR count). The van der Waals surface area contributed by atoms with Crippen LogP contribution in [0.4, 0.5) is 4.39 Å². The molecular weight excluding hydrogens is 262 g/mol. The Morgan fingerprint density at radius 3 is 2.60 bits per heavy atom. The molecular formula is C7H6FIS. The number of thiol groups is 1. The zero-order valence-corrected chi connectivity index (χ0v) is 8.41. The molecule has 0 saturated heterocycles. The Bertz CT molecular complexity index is 233. The van der Waals surface area contributed by atoms with E-state index in [9.17, 15) is 4.39 Å². The van der Waals surface area contributed by atoms with Gasteiger partial charge in [0.15, 0.2) is 0 Å². The van der Waals surface area contributed by atoms with Crippen molar-refractivity contribution in [3.8, 4) is 0 Å². The van der Waals surface area contributed by atoms with Crippen LogP contribution in [-0.4, -0.2) is 0 Å². The summed E-state index contributed by atoms with van der Waals surface area (Å²) >= 11 is 6.01. The highest BCUT2D eigenvalue weighted by molar-refractivity contribution is 14.1. The third-order valence-electron chi connectivity index (χ3n) is 1.26. The first-order valence-corrected chi connectivity index (χ1v) is 4.29. The molecule has 0 bridgehead atoms. The molecule has 0 spiro atoms. The summed E-state index contributed by atoms with van der Waals surface area (Å²) in [4.78, 5) is 0.698. The van der Waals surface area contributed by atoms with Gasteiger partial charge in [0.1, 0.15) is 5.82 Å². The van der Waals surface area contributed by atoms with Gasteiger partial charge in [-0.1, -0.05) is 6.07 Å². The van der Waals surface area contributed by atoms with E-state index in [2.05, 4.69) is 12.6 Å². The van der Waals surface area contributed by atoms with E-state index in [4.69, 9.17) is 0 Å². The van der Waals surface area contributed by atoms with Crippen molar-refractivity contribution in [1.29, 1.82) is 0 Å². The molecule has 0 N–H and O–H groups in total. The van der Waals surface area contributed by atoms with Gasteiger partial charge in [-0.2, -0.15) is 0 Å². The monoisotopic (exact) mass is 268 g/mol. The molecule has 0 saturated carbocycles. The van der Waals surface area contributed by atoms with Gasteiger partial charge in [0.2, 0.25) is 0 Å². The highest BCUT2D eigenvalue weighted by Gasteiger charge is 2.04. The predicted molar refractivity (Wildman–Crippen MR) is 51.1 cm³/mol. The third-order valence-corrected chi connectivity index (χ3v) is 3.11. The van der Waals surface area contributed by atoms with Crippen LogP contribution in [-0.2, 0) is 0 Å². The van der Waals surface area contributed by atoms with Crippen molar-refractivity contribution in [2.45, 2.75) is 11.8 Å². The SMILES string of the molecule is Cc1ccc(S)c(I)c1F. The van der Waals surface area contributed by atoms with Gasteiger partial charge in [-0.05, 0) is 41.1 Å². The van der Waals surface area contributed by atoms with Crippen LogP contribution in [0.1, 0.15) is 5.56 Å². The van der Waals surface area contributed by atoms with Crippen molar-refractivity contribution >= 4 is 35.2 Å². The molecule has 0 fully saturated rings. The second-order valence-corrected chi connectivity index (χ2v) is 3.59. The summed E-state index contributed by atoms with van der Waals surface area (Å²) < 4.78 is 13.5. The summed E-state index contributed by atoms with van der Waals surface area (Å²) in [5, 5.41) is 0. The molecule has 54 valence electrons. The number of halogens is 2. The van der Waals surface area contributed by atoms with Gasteiger partial charge in [-0.3, -0.25) is 0 Å². The minimum absolute atomic E-state index is 0.159. The largest absolute Gasteiger partial charge is 0.205 e. The molecule has 1 aromatic carbocycles. The van der Waals surface area contributed by atoms with Gasteiger partial charge in [0, 0.05) is 4.90 Å². The highest BCUT2D eigenvalue weighted by Crippen LogP contribution is 2.21. The van der Waals surface area contributed by atoms with Crippen LogP contribution in [0.15, 0.2) is 17.0 Å². The number of hydrogen-bond donors (Lipinski definition) is 1. The molecule has 0 heterocycles. The van der Waals surface area contributed by atoms with Crippen LogP contribution in [0.25, 0.3) is 0 Å². The van der Waals surface area contributed by atoms with Gasteiger partial charge in [-0.15, -0.1) is 12.6 Å². The van der Waals surface area contributed by atoms with Gasteiger partial charge < -0.3 is 0 Å². The van der Waals surface area contributed by atoms with Gasteiger partial charge in [0.25, 0.3) is 0 Å². The minimum atomic E-state index is -0.159. The highest BCUT2D eigenvalue weighted by atomic mass is 127. The first-order valence-electron chi connectivity index (χ1n) is 2.76. The molecule has 0 aromatic heterocycles. The Morgan fingerprint density at radius 2 is 2.10 bits per heavy atom. The molecule has 0 atom stereocenters. The molecule has 0 aliphatic carbocycles. The van der Waals surface area contributed by atoms with E-state index < -0.39 is 0 Å². The average Bonchev–Trinajstić information content (AvgIpc) is 1.93. The van der Waals surface area contributed by atoms with Crippen LogP contribution in [0.5, 0.6) is 0 Å². The standard InChI is InChI=1S/C7H6FIS/c1-4-2-3-5(10)7(9)6(4)8/h2-3,10H,1H3. The molecule has 0 amide bonds. The Morgan fingerprint density at radius 1 is 1.50 bits per heavy atom. The Balaban J connectivity index is 3.34. The third kappa shape index (κ3) is 1.45. The lowest BCUT2D eigenvalue weighted by molar-refractivity contribution is 0.606. The topological polar surface area (TPSA) is 0 Å². The summed E-state index contributed by atoms with van der Waals surface area (Å²) in [7, 11) is 0. The lowest BCUT2D eigenvalue weighted by Crippen LogP contribution is -1.87. The van der Waals surface area contributed by atoms with Crippen LogP contribution < -0.4 is 0 Å². The second kappa shape index (κ2) is 3.09. The van der Waals surface area contributed by atoms with Crippen molar-refractivity contribution in [2.75, 3.05) is 0 Å². The van der Waals surface area contributed by atoms with Gasteiger partial charge in [0.05, 0.1) is 3.57 Å². The van der Waals surface area contributed by atoms with Crippen molar-refractivity contribution in [1.82, 2.24) is 0 Å². The zero-order valence-electron chi connectivity index (χ0n) is 5.36. The van der Waals surface area contributed by atoms with Crippen molar-refractivity contribution < 1.29 is 4.39 Å². The quantitative estimate of drug-likeness (QED) is 0.542. The molecule has 1 aromatic rings. The fraction of sp³-hybridized carbons (Fsp3) is 0.143. The number of rotatable bonds is 0. The van der Waals surface area contributed by atoms with E-state index in [0.717, 1.165) is 0 Å². The van der Waals surface area contributed by atoms with E-state index >= 15 is 0 Å².